The van der Waals surface area contributed by atoms with Gasteiger partial charge < -0.3 is 14.2 Å². The number of hydrogen-bond acceptors (Lipinski definition) is 5. The Hall–Kier alpha value is -1.36. The third kappa shape index (κ3) is 2.73. The first-order valence-electron chi connectivity index (χ1n) is 7.38. The van der Waals surface area contributed by atoms with E-state index in [4.69, 9.17) is 14.2 Å². The molecule has 5 heteroatoms. The van der Waals surface area contributed by atoms with Crippen molar-refractivity contribution in [2.45, 2.75) is 63.4 Å². The highest BCUT2D eigenvalue weighted by atomic mass is 16.6. The van der Waals surface area contributed by atoms with E-state index in [1.165, 1.54) is 0 Å². The predicted octanol–water partition coefficient (Wildman–Crippen LogP) is 1.75. The van der Waals surface area contributed by atoms with E-state index in [1.807, 2.05) is 12.2 Å². The molecule has 0 aromatic rings. The van der Waals surface area contributed by atoms with Crippen LogP contribution in [0.4, 0.5) is 0 Å². The summed E-state index contributed by atoms with van der Waals surface area (Å²) in [6.45, 7) is 1.57. The van der Waals surface area contributed by atoms with Crippen LogP contribution in [0.2, 0.25) is 0 Å². The Kier molecular flexibility index (Phi) is 3.78. The molecule has 1 aliphatic carbocycles. The van der Waals surface area contributed by atoms with E-state index in [9.17, 15) is 9.59 Å². The van der Waals surface area contributed by atoms with Crippen LogP contribution in [0.25, 0.3) is 0 Å². The van der Waals surface area contributed by atoms with E-state index < -0.39 is 12.1 Å². The lowest BCUT2D eigenvalue weighted by Gasteiger charge is -2.19. The molecule has 4 unspecified atom stereocenters. The molecule has 0 spiro atoms. The molecule has 0 N–H and O–H groups in total. The van der Waals surface area contributed by atoms with Crippen LogP contribution < -0.4 is 0 Å². The Labute approximate surface area is 118 Å². The first-order valence-corrected chi connectivity index (χ1v) is 7.38. The molecule has 2 aliphatic heterocycles. The molecule has 0 aromatic heterocycles. The van der Waals surface area contributed by atoms with Crippen molar-refractivity contribution in [1.82, 2.24) is 0 Å². The summed E-state index contributed by atoms with van der Waals surface area (Å²) in [7, 11) is 0. The van der Waals surface area contributed by atoms with Crippen LogP contribution in [-0.2, 0) is 23.8 Å². The third-order valence-electron chi connectivity index (χ3n) is 4.24. The van der Waals surface area contributed by atoms with Crippen molar-refractivity contribution in [3.05, 3.63) is 12.2 Å². The number of carbonyl (C=O) groups excluding carboxylic acids is 2. The van der Waals surface area contributed by atoms with Gasteiger partial charge in [-0.2, -0.15) is 0 Å². The van der Waals surface area contributed by atoms with Crippen LogP contribution in [0.3, 0.4) is 0 Å². The summed E-state index contributed by atoms with van der Waals surface area (Å²) in [4.78, 5) is 23.9. The minimum absolute atomic E-state index is 0.00240. The average Bonchev–Trinajstić information content (AvgIpc) is 3.15. The van der Waals surface area contributed by atoms with Gasteiger partial charge in [0.25, 0.3) is 0 Å². The van der Waals surface area contributed by atoms with Crippen LogP contribution in [0.15, 0.2) is 12.2 Å². The monoisotopic (exact) mass is 280 g/mol. The smallest absolute Gasteiger partial charge is 0.347 e. The first-order chi connectivity index (χ1) is 9.63. The largest absolute Gasteiger partial charge is 0.460 e. The van der Waals surface area contributed by atoms with Gasteiger partial charge in [0.1, 0.15) is 6.10 Å². The van der Waals surface area contributed by atoms with Gasteiger partial charge in [0, 0.05) is 0 Å². The molecule has 20 heavy (non-hydrogen) atoms. The molecule has 3 aliphatic rings. The molecule has 0 radical (unpaired) electrons. The van der Waals surface area contributed by atoms with E-state index >= 15 is 0 Å². The minimum atomic E-state index is -0.841. The number of fused-ring (bicyclic) bond motifs is 2. The molecule has 110 valence electrons. The Bertz CT molecular complexity index is 424. The van der Waals surface area contributed by atoms with Gasteiger partial charge in [-0.1, -0.05) is 12.2 Å². The maximum Gasteiger partial charge on any atom is 0.347 e. The van der Waals surface area contributed by atoms with Gasteiger partial charge in [0.15, 0.2) is 6.10 Å². The predicted molar refractivity (Wildman–Crippen MR) is 69.8 cm³/mol. The lowest BCUT2D eigenvalue weighted by Crippen LogP contribution is -2.33. The highest BCUT2D eigenvalue weighted by molar-refractivity contribution is 5.81. The van der Waals surface area contributed by atoms with Crippen molar-refractivity contribution >= 4 is 11.9 Å². The quantitative estimate of drug-likeness (QED) is 0.580. The number of ether oxygens (including phenoxy) is 3. The van der Waals surface area contributed by atoms with E-state index in [1.54, 1.807) is 6.92 Å². The summed E-state index contributed by atoms with van der Waals surface area (Å²) < 4.78 is 16.1. The molecule has 3 rings (SSSR count). The average molecular weight is 280 g/mol. The lowest BCUT2D eigenvalue weighted by atomic mass is 9.94. The lowest BCUT2D eigenvalue weighted by molar-refractivity contribution is -0.172. The van der Waals surface area contributed by atoms with Crippen molar-refractivity contribution in [2.75, 3.05) is 0 Å². The second-order valence-electron chi connectivity index (χ2n) is 5.79. The molecule has 1 saturated carbocycles. The summed E-state index contributed by atoms with van der Waals surface area (Å²) in [6.07, 6.45) is 7.52. The summed E-state index contributed by atoms with van der Waals surface area (Å²) in [5, 5.41) is 0. The molecule has 2 heterocycles. The van der Waals surface area contributed by atoms with Gasteiger partial charge in [-0.3, -0.25) is 4.79 Å². The zero-order valence-corrected chi connectivity index (χ0v) is 11.6. The second kappa shape index (κ2) is 5.56. The maximum atomic E-state index is 12.0. The SMILES string of the molecule is CC(OC(=O)C1CC2C=CC1O2)C(=O)OC1CCCC1. The number of esters is 2. The molecule has 4 atom stereocenters. The Morgan fingerprint density at radius 1 is 1.25 bits per heavy atom. The van der Waals surface area contributed by atoms with Crippen molar-refractivity contribution in [3.8, 4) is 0 Å². The Balaban J connectivity index is 1.48. The zero-order chi connectivity index (χ0) is 14.1. The maximum absolute atomic E-state index is 12.0. The molecule has 5 nitrogen and oxygen atoms in total. The number of carbonyl (C=O) groups is 2. The van der Waals surface area contributed by atoms with E-state index in [2.05, 4.69) is 0 Å². The van der Waals surface area contributed by atoms with Gasteiger partial charge in [0.2, 0.25) is 0 Å². The second-order valence-corrected chi connectivity index (χ2v) is 5.79. The minimum Gasteiger partial charge on any atom is -0.460 e. The number of rotatable bonds is 4. The molecule has 2 fully saturated rings. The Morgan fingerprint density at radius 2 is 2.00 bits per heavy atom. The van der Waals surface area contributed by atoms with Crippen molar-refractivity contribution in [2.24, 2.45) is 5.92 Å². The first kappa shape index (κ1) is 13.6. The zero-order valence-electron chi connectivity index (χ0n) is 11.6. The van der Waals surface area contributed by atoms with Gasteiger partial charge in [-0.15, -0.1) is 0 Å². The molecular formula is C15H20O5. The highest BCUT2D eigenvalue weighted by Gasteiger charge is 2.43. The van der Waals surface area contributed by atoms with E-state index in [0.717, 1.165) is 25.7 Å². The molecule has 0 aromatic carbocycles. The fourth-order valence-corrected chi connectivity index (χ4v) is 3.08. The fourth-order valence-electron chi connectivity index (χ4n) is 3.08. The Morgan fingerprint density at radius 3 is 2.60 bits per heavy atom. The van der Waals surface area contributed by atoms with Gasteiger partial charge in [-0.25, -0.2) is 4.79 Å². The summed E-state index contributed by atoms with van der Waals surface area (Å²) in [6, 6.07) is 0. The molecule has 1 saturated heterocycles. The molecular weight excluding hydrogens is 260 g/mol. The molecule has 0 amide bonds. The van der Waals surface area contributed by atoms with Crippen LogP contribution in [0.1, 0.15) is 39.0 Å². The van der Waals surface area contributed by atoms with Crippen molar-refractivity contribution in [3.63, 3.8) is 0 Å². The van der Waals surface area contributed by atoms with Crippen LogP contribution in [0, 0.1) is 5.92 Å². The van der Waals surface area contributed by atoms with Crippen molar-refractivity contribution < 1.29 is 23.8 Å². The van der Waals surface area contributed by atoms with Crippen LogP contribution in [0.5, 0.6) is 0 Å². The normalized spacial score (nSPS) is 33.4. The van der Waals surface area contributed by atoms with Crippen LogP contribution >= 0.6 is 0 Å². The summed E-state index contributed by atoms with van der Waals surface area (Å²) in [5.41, 5.74) is 0. The van der Waals surface area contributed by atoms with Crippen LogP contribution in [-0.4, -0.2) is 36.4 Å². The fraction of sp³-hybridized carbons (Fsp3) is 0.733. The number of hydrogen-bond donors (Lipinski definition) is 0. The molecule has 2 bridgehead atoms. The van der Waals surface area contributed by atoms with E-state index in [0.29, 0.717) is 6.42 Å². The standard InChI is InChI=1S/C15H20O5/c1-9(14(16)20-10-4-2-3-5-10)18-15(17)12-8-11-6-7-13(12)19-11/h6-7,9-13H,2-5,8H2,1H3. The summed E-state index contributed by atoms with van der Waals surface area (Å²) >= 11 is 0. The van der Waals surface area contributed by atoms with Crippen molar-refractivity contribution in [1.29, 1.82) is 0 Å². The van der Waals surface area contributed by atoms with E-state index in [-0.39, 0.29) is 30.2 Å². The highest BCUT2D eigenvalue weighted by Crippen LogP contribution is 2.34. The van der Waals surface area contributed by atoms with Gasteiger partial charge in [-0.05, 0) is 39.0 Å². The van der Waals surface area contributed by atoms with Gasteiger partial charge >= 0.3 is 11.9 Å². The third-order valence-corrected chi connectivity index (χ3v) is 4.24. The summed E-state index contributed by atoms with van der Waals surface area (Å²) in [5.74, 6) is -1.09. The van der Waals surface area contributed by atoms with Gasteiger partial charge in [0.05, 0.1) is 18.1 Å². The topological polar surface area (TPSA) is 61.8 Å².